The fraction of sp³-hybridized carbons (Fsp3) is 0.278. The molecule has 1 heterocycles. The van der Waals surface area contributed by atoms with E-state index in [0.29, 0.717) is 10.8 Å². The quantitative estimate of drug-likeness (QED) is 0.928. The molecular formula is C18H19ClN2O2. The van der Waals surface area contributed by atoms with E-state index in [4.69, 9.17) is 16.3 Å². The van der Waals surface area contributed by atoms with Crippen molar-refractivity contribution in [1.29, 1.82) is 0 Å². The predicted octanol–water partition coefficient (Wildman–Crippen LogP) is 3.74. The van der Waals surface area contributed by atoms with E-state index in [1.165, 1.54) is 5.56 Å². The summed E-state index contributed by atoms with van der Waals surface area (Å²) in [6.45, 7) is 2.30. The molecule has 2 aromatic rings. The van der Waals surface area contributed by atoms with Crippen LogP contribution < -0.4 is 15.0 Å². The first-order chi connectivity index (χ1) is 11.1. The van der Waals surface area contributed by atoms with Crippen molar-refractivity contribution in [2.45, 2.75) is 19.4 Å². The number of carbonyl (C=O) groups excluding carboxylic acids is 1. The number of hydrogen-bond donors (Lipinski definition) is 1. The minimum absolute atomic E-state index is 0.0504. The molecular weight excluding hydrogens is 312 g/mol. The van der Waals surface area contributed by atoms with Crippen molar-refractivity contribution in [3.05, 3.63) is 53.1 Å². The molecule has 1 atom stereocenters. The third-order valence-electron chi connectivity index (χ3n) is 4.07. The van der Waals surface area contributed by atoms with Gasteiger partial charge < -0.3 is 15.0 Å². The number of anilines is 2. The molecule has 3 rings (SSSR count). The molecule has 0 spiro atoms. The number of methoxy groups -OCH3 is 1. The van der Waals surface area contributed by atoms with Crippen LogP contribution in [0.4, 0.5) is 11.4 Å². The second-order valence-corrected chi connectivity index (χ2v) is 6.06. The van der Waals surface area contributed by atoms with Crippen LogP contribution in [-0.4, -0.2) is 25.6 Å². The average molecular weight is 331 g/mol. The van der Waals surface area contributed by atoms with Crippen LogP contribution in [0.5, 0.6) is 5.75 Å². The number of rotatable bonds is 4. The van der Waals surface area contributed by atoms with Crippen molar-refractivity contribution >= 4 is 28.9 Å². The van der Waals surface area contributed by atoms with Crippen molar-refractivity contribution in [2.24, 2.45) is 0 Å². The minimum Gasteiger partial charge on any atom is -0.495 e. The van der Waals surface area contributed by atoms with Gasteiger partial charge in [0.2, 0.25) is 5.91 Å². The van der Waals surface area contributed by atoms with E-state index >= 15 is 0 Å². The topological polar surface area (TPSA) is 41.6 Å². The number of amides is 1. The van der Waals surface area contributed by atoms with Crippen molar-refractivity contribution < 1.29 is 9.53 Å². The highest BCUT2D eigenvalue weighted by Crippen LogP contribution is 2.32. The summed E-state index contributed by atoms with van der Waals surface area (Å²) in [6.07, 6.45) is 0.899. The minimum atomic E-state index is 0.0504. The smallest absolute Gasteiger partial charge is 0.246 e. The largest absolute Gasteiger partial charge is 0.495 e. The molecule has 0 fully saturated rings. The summed E-state index contributed by atoms with van der Waals surface area (Å²) in [7, 11) is 1.57. The van der Waals surface area contributed by atoms with Crippen LogP contribution >= 0.6 is 11.6 Å². The second kappa shape index (κ2) is 6.50. The van der Waals surface area contributed by atoms with Crippen LogP contribution in [0.25, 0.3) is 0 Å². The van der Waals surface area contributed by atoms with Crippen molar-refractivity contribution in [3.8, 4) is 5.75 Å². The lowest BCUT2D eigenvalue weighted by atomic mass is 10.1. The van der Waals surface area contributed by atoms with E-state index in [0.717, 1.165) is 17.8 Å². The molecule has 4 nitrogen and oxygen atoms in total. The van der Waals surface area contributed by atoms with Crippen molar-refractivity contribution in [1.82, 2.24) is 0 Å². The van der Waals surface area contributed by atoms with Gasteiger partial charge in [0.1, 0.15) is 5.75 Å². The first-order valence-corrected chi connectivity index (χ1v) is 7.95. The number of halogens is 1. The van der Waals surface area contributed by atoms with Gasteiger partial charge in [-0.2, -0.15) is 0 Å². The Balaban J connectivity index is 1.69. The first-order valence-electron chi connectivity index (χ1n) is 7.57. The summed E-state index contributed by atoms with van der Waals surface area (Å²) in [6, 6.07) is 13.6. The number of nitrogens with zero attached hydrogens (tertiary/aromatic N) is 1. The number of carbonyl (C=O) groups is 1. The lowest BCUT2D eigenvalue weighted by Crippen LogP contribution is -2.39. The number of ether oxygens (including phenoxy) is 1. The molecule has 120 valence electrons. The lowest BCUT2D eigenvalue weighted by Gasteiger charge is -2.23. The molecule has 1 N–H and O–H groups in total. The molecule has 1 aliphatic heterocycles. The predicted molar refractivity (Wildman–Crippen MR) is 93.6 cm³/mol. The summed E-state index contributed by atoms with van der Waals surface area (Å²) < 4.78 is 5.13. The Hall–Kier alpha value is -2.20. The highest BCUT2D eigenvalue weighted by atomic mass is 35.5. The zero-order valence-corrected chi connectivity index (χ0v) is 13.9. The second-order valence-electron chi connectivity index (χ2n) is 5.65. The molecule has 2 aromatic carbocycles. The molecule has 0 bridgehead atoms. The van der Waals surface area contributed by atoms with E-state index in [9.17, 15) is 4.79 Å². The SMILES string of the molecule is COc1ccc(NCC(=O)N2c3ccccc3C[C@@H]2C)cc1Cl. The number of fused-ring (bicyclic) bond motifs is 1. The van der Waals surface area contributed by atoms with E-state index < -0.39 is 0 Å². The number of benzene rings is 2. The molecule has 0 radical (unpaired) electrons. The Morgan fingerprint density at radius 2 is 2.13 bits per heavy atom. The van der Waals surface area contributed by atoms with Crippen LogP contribution in [0.2, 0.25) is 5.02 Å². The van der Waals surface area contributed by atoms with Gasteiger partial charge in [-0.05, 0) is 43.2 Å². The molecule has 0 saturated carbocycles. The summed E-state index contributed by atoms with van der Waals surface area (Å²) in [5.41, 5.74) is 3.03. The Bertz CT molecular complexity index is 733. The van der Waals surface area contributed by atoms with Crippen LogP contribution in [0.1, 0.15) is 12.5 Å². The monoisotopic (exact) mass is 330 g/mol. The summed E-state index contributed by atoms with van der Waals surface area (Å²) in [4.78, 5) is 14.5. The normalized spacial score (nSPS) is 16.1. The molecule has 0 aromatic heterocycles. The summed E-state index contributed by atoms with van der Waals surface area (Å²) in [5, 5.41) is 3.65. The van der Waals surface area contributed by atoms with E-state index in [2.05, 4.69) is 18.3 Å². The Morgan fingerprint density at radius 1 is 1.35 bits per heavy atom. The lowest BCUT2D eigenvalue weighted by molar-refractivity contribution is -0.117. The Labute approximate surface area is 141 Å². The highest BCUT2D eigenvalue weighted by molar-refractivity contribution is 6.32. The average Bonchev–Trinajstić information content (AvgIpc) is 2.88. The first kappa shape index (κ1) is 15.7. The number of para-hydroxylation sites is 1. The van der Waals surface area contributed by atoms with Gasteiger partial charge in [0.15, 0.2) is 0 Å². The van der Waals surface area contributed by atoms with Crippen molar-refractivity contribution in [3.63, 3.8) is 0 Å². The summed E-state index contributed by atoms with van der Waals surface area (Å²) in [5.74, 6) is 0.667. The van der Waals surface area contributed by atoms with Gasteiger partial charge in [-0.1, -0.05) is 29.8 Å². The van der Waals surface area contributed by atoms with Gasteiger partial charge in [-0.3, -0.25) is 4.79 Å². The molecule has 5 heteroatoms. The highest BCUT2D eigenvalue weighted by Gasteiger charge is 2.30. The van der Waals surface area contributed by atoms with E-state index in [1.807, 2.05) is 29.2 Å². The standard InChI is InChI=1S/C18H19ClN2O2/c1-12-9-13-5-3-4-6-16(13)21(12)18(22)11-20-14-7-8-17(23-2)15(19)10-14/h3-8,10,12,20H,9,11H2,1-2H3/t12-/m0/s1. The molecule has 1 aliphatic rings. The fourth-order valence-corrected chi connectivity index (χ4v) is 3.24. The third-order valence-corrected chi connectivity index (χ3v) is 4.37. The van der Waals surface area contributed by atoms with Gasteiger partial charge in [0.25, 0.3) is 0 Å². The maximum Gasteiger partial charge on any atom is 0.246 e. The third kappa shape index (κ3) is 3.13. The van der Waals surface area contributed by atoms with E-state index in [-0.39, 0.29) is 18.5 Å². The van der Waals surface area contributed by atoms with E-state index in [1.54, 1.807) is 19.2 Å². The van der Waals surface area contributed by atoms with Gasteiger partial charge in [-0.25, -0.2) is 0 Å². The van der Waals surface area contributed by atoms with Gasteiger partial charge in [0, 0.05) is 17.4 Å². The zero-order valence-electron chi connectivity index (χ0n) is 13.2. The molecule has 23 heavy (non-hydrogen) atoms. The van der Waals surface area contributed by atoms with Crippen LogP contribution in [-0.2, 0) is 11.2 Å². The van der Waals surface area contributed by atoms with Gasteiger partial charge >= 0.3 is 0 Å². The maximum absolute atomic E-state index is 12.6. The Morgan fingerprint density at radius 3 is 2.87 bits per heavy atom. The molecule has 0 unspecified atom stereocenters. The maximum atomic E-state index is 12.6. The molecule has 0 aliphatic carbocycles. The van der Waals surface area contributed by atoms with Crippen LogP contribution in [0, 0.1) is 0 Å². The fourth-order valence-electron chi connectivity index (χ4n) is 2.98. The van der Waals surface area contributed by atoms with Crippen LogP contribution in [0.3, 0.4) is 0 Å². The zero-order chi connectivity index (χ0) is 16.4. The Kier molecular flexibility index (Phi) is 4.44. The number of hydrogen-bond acceptors (Lipinski definition) is 3. The van der Waals surface area contributed by atoms with Gasteiger partial charge in [0.05, 0.1) is 18.7 Å². The van der Waals surface area contributed by atoms with Crippen molar-refractivity contribution in [2.75, 3.05) is 23.9 Å². The van der Waals surface area contributed by atoms with Gasteiger partial charge in [-0.15, -0.1) is 0 Å². The summed E-state index contributed by atoms with van der Waals surface area (Å²) >= 11 is 6.10. The van der Waals surface area contributed by atoms with Crippen LogP contribution in [0.15, 0.2) is 42.5 Å². The number of nitrogens with one attached hydrogen (secondary N) is 1. The molecule has 1 amide bonds. The molecule has 0 saturated heterocycles.